The van der Waals surface area contributed by atoms with Gasteiger partial charge in [-0.3, -0.25) is 10.1 Å². The lowest BCUT2D eigenvalue weighted by Crippen LogP contribution is -2.08. The summed E-state index contributed by atoms with van der Waals surface area (Å²) in [5, 5.41) is 17.5. The van der Waals surface area contributed by atoms with Crippen LogP contribution < -0.4 is 5.32 Å². The smallest absolute Gasteiger partial charge is 0.277 e. The van der Waals surface area contributed by atoms with Crippen molar-refractivity contribution < 1.29 is 9.45 Å². The van der Waals surface area contributed by atoms with Crippen molar-refractivity contribution in [2.75, 3.05) is 11.9 Å². The lowest BCUT2D eigenvalue weighted by molar-refractivity contribution is -0.385. The second-order valence-corrected chi connectivity index (χ2v) is 4.02. The van der Waals surface area contributed by atoms with Gasteiger partial charge in [0.05, 0.1) is 11.0 Å². The van der Waals surface area contributed by atoms with Crippen molar-refractivity contribution in [1.29, 1.82) is 0 Å². The van der Waals surface area contributed by atoms with Crippen LogP contribution in [0.1, 0.15) is 17.3 Å². The number of nitrogens with one attached hydrogen (secondary N) is 1. The van der Waals surface area contributed by atoms with Crippen LogP contribution in [0.5, 0.6) is 0 Å². The molecule has 100 valence electrons. The minimum absolute atomic E-state index is 0.0490. The summed E-state index contributed by atoms with van der Waals surface area (Å²) < 4.78 is 4.84. The van der Waals surface area contributed by atoms with Crippen molar-refractivity contribution in [2.24, 2.45) is 0 Å². The van der Waals surface area contributed by atoms with Crippen molar-refractivity contribution in [1.82, 2.24) is 15.1 Å². The minimum Gasteiger partial charge on any atom is -0.369 e. The van der Waals surface area contributed by atoms with Crippen LogP contribution in [0.4, 0.5) is 11.5 Å². The first-order valence-corrected chi connectivity index (χ1v) is 5.70. The van der Waals surface area contributed by atoms with Gasteiger partial charge in [-0.15, -0.1) is 0 Å². The van der Waals surface area contributed by atoms with Gasteiger partial charge >= 0.3 is 0 Å². The van der Waals surface area contributed by atoms with E-state index in [9.17, 15) is 10.1 Å². The highest BCUT2D eigenvalue weighted by atomic mass is 16.6. The van der Waals surface area contributed by atoms with Gasteiger partial charge in [0, 0.05) is 31.6 Å². The maximum absolute atomic E-state index is 10.8. The summed E-state index contributed by atoms with van der Waals surface area (Å²) >= 11 is 0. The minimum atomic E-state index is -0.426. The Morgan fingerprint density at radius 1 is 1.47 bits per heavy atom. The lowest BCUT2D eigenvalue weighted by atomic mass is 10.2. The third-order valence-electron chi connectivity index (χ3n) is 2.50. The van der Waals surface area contributed by atoms with Crippen molar-refractivity contribution in [3.8, 4) is 0 Å². The molecule has 0 aliphatic heterocycles. The highest BCUT2D eigenvalue weighted by Gasteiger charge is 2.12. The first-order chi connectivity index (χ1) is 9.06. The van der Waals surface area contributed by atoms with Crippen LogP contribution >= 0.6 is 0 Å². The van der Waals surface area contributed by atoms with Crippen LogP contribution in [-0.4, -0.2) is 26.6 Å². The summed E-state index contributed by atoms with van der Waals surface area (Å²) in [5.74, 6) is 1.56. The molecule has 0 aromatic carbocycles. The van der Waals surface area contributed by atoms with E-state index in [1.54, 1.807) is 13.8 Å². The van der Waals surface area contributed by atoms with Crippen LogP contribution in [-0.2, 0) is 6.42 Å². The molecule has 0 radical (unpaired) electrons. The van der Waals surface area contributed by atoms with E-state index in [1.165, 1.54) is 12.3 Å². The fourth-order valence-electron chi connectivity index (χ4n) is 1.55. The third-order valence-corrected chi connectivity index (χ3v) is 2.50. The second-order valence-electron chi connectivity index (χ2n) is 4.02. The predicted molar refractivity (Wildman–Crippen MR) is 66.9 cm³/mol. The number of pyridine rings is 1. The summed E-state index contributed by atoms with van der Waals surface area (Å²) in [5.41, 5.74) is 0.581. The van der Waals surface area contributed by atoms with E-state index >= 15 is 0 Å². The van der Waals surface area contributed by atoms with Gasteiger partial charge in [-0.1, -0.05) is 5.16 Å². The molecule has 8 heteroatoms. The Hall–Kier alpha value is -2.51. The van der Waals surface area contributed by atoms with Gasteiger partial charge in [0.1, 0.15) is 5.82 Å². The molecule has 2 rings (SSSR count). The zero-order valence-electron chi connectivity index (χ0n) is 10.6. The normalized spacial score (nSPS) is 10.4. The average molecular weight is 263 g/mol. The van der Waals surface area contributed by atoms with Crippen LogP contribution in [0.3, 0.4) is 0 Å². The molecule has 0 aliphatic carbocycles. The standard InChI is InChI=1S/C11H13N5O3/c1-7-6-13-11(5-9(7)16(17)18)12-4-3-10-14-8(2)19-15-10/h5-6H,3-4H2,1-2H3,(H,12,13). The second kappa shape index (κ2) is 5.42. The molecule has 0 spiro atoms. The first-order valence-electron chi connectivity index (χ1n) is 5.70. The maximum atomic E-state index is 10.8. The Morgan fingerprint density at radius 2 is 2.26 bits per heavy atom. The number of rotatable bonds is 5. The predicted octanol–water partition coefficient (Wildman–Crippen LogP) is 1.64. The number of anilines is 1. The van der Waals surface area contributed by atoms with E-state index in [4.69, 9.17) is 4.52 Å². The molecule has 2 heterocycles. The van der Waals surface area contributed by atoms with Gasteiger partial charge in [0.15, 0.2) is 5.82 Å². The highest BCUT2D eigenvalue weighted by molar-refractivity contribution is 5.48. The molecule has 0 atom stereocenters. The Kier molecular flexibility index (Phi) is 3.69. The first kappa shape index (κ1) is 12.9. The van der Waals surface area contributed by atoms with Crippen molar-refractivity contribution in [3.63, 3.8) is 0 Å². The number of nitrogens with zero attached hydrogens (tertiary/aromatic N) is 4. The van der Waals surface area contributed by atoms with Crippen LogP contribution in [0.15, 0.2) is 16.8 Å². The molecule has 19 heavy (non-hydrogen) atoms. The van der Waals surface area contributed by atoms with Gasteiger partial charge in [-0.05, 0) is 6.92 Å². The van der Waals surface area contributed by atoms with Gasteiger partial charge in [-0.25, -0.2) is 4.98 Å². The fraction of sp³-hybridized carbons (Fsp3) is 0.364. The maximum Gasteiger partial charge on any atom is 0.277 e. The number of nitro groups is 1. The van der Waals surface area contributed by atoms with Crippen LogP contribution in [0.25, 0.3) is 0 Å². The number of aromatic nitrogens is 3. The van der Waals surface area contributed by atoms with Crippen LogP contribution in [0, 0.1) is 24.0 Å². The molecular weight excluding hydrogens is 250 g/mol. The Morgan fingerprint density at radius 3 is 2.89 bits per heavy atom. The summed E-state index contributed by atoms with van der Waals surface area (Å²) in [7, 11) is 0. The molecule has 0 unspecified atom stereocenters. The SMILES string of the molecule is Cc1nc(CCNc2cc([N+](=O)[O-])c(C)cn2)no1. The molecule has 0 amide bonds. The molecule has 2 aromatic rings. The Bertz CT molecular complexity index is 596. The quantitative estimate of drug-likeness (QED) is 0.645. The molecule has 0 fully saturated rings. The van der Waals surface area contributed by atoms with Crippen molar-refractivity contribution in [2.45, 2.75) is 20.3 Å². The molecule has 1 N–H and O–H groups in total. The van der Waals surface area contributed by atoms with Crippen LogP contribution in [0.2, 0.25) is 0 Å². The molecular formula is C11H13N5O3. The van der Waals surface area contributed by atoms with E-state index in [1.807, 2.05) is 0 Å². The summed E-state index contributed by atoms with van der Waals surface area (Å²) in [6.45, 7) is 3.89. The topological polar surface area (TPSA) is 107 Å². The summed E-state index contributed by atoms with van der Waals surface area (Å²) in [6.07, 6.45) is 2.03. The monoisotopic (exact) mass is 263 g/mol. The molecule has 2 aromatic heterocycles. The average Bonchev–Trinajstić information content (AvgIpc) is 2.77. The molecule has 0 saturated heterocycles. The fourth-order valence-corrected chi connectivity index (χ4v) is 1.55. The van der Waals surface area contributed by atoms with Gasteiger partial charge < -0.3 is 9.84 Å². The van der Waals surface area contributed by atoms with Crippen molar-refractivity contribution in [3.05, 3.63) is 39.7 Å². The lowest BCUT2D eigenvalue weighted by Gasteiger charge is -2.04. The van der Waals surface area contributed by atoms with E-state index in [0.29, 0.717) is 36.1 Å². The zero-order valence-corrected chi connectivity index (χ0v) is 10.6. The Labute approximate surface area is 109 Å². The summed E-state index contributed by atoms with van der Waals surface area (Å²) in [4.78, 5) is 18.5. The van der Waals surface area contributed by atoms with Gasteiger partial charge in [-0.2, -0.15) is 4.98 Å². The number of hydrogen-bond donors (Lipinski definition) is 1. The third kappa shape index (κ3) is 3.24. The number of aryl methyl sites for hydroxylation is 2. The van der Waals surface area contributed by atoms with E-state index in [2.05, 4.69) is 20.4 Å². The molecule has 0 saturated carbocycles. The van der Waals surface area contributed by atoms with E-state index < -0.39 is 4.92 Å². The van der Waals surface area contributed by atoms with Crippen molar-refractivity contribution >= 4 is 11.5 Å². The zero-order chi connectivity index (χ0) is 13.8. The molecule has 0 aliphatic rings. The Balaban J connectivity index is 1.96. The number of hydrogen-bond acceptors (Lipinski definition) is 7. The van der Waals surface area contributed by atoms with Gasteiger partial charge in [0.25, 0.3) is 5.69 Å². The molecule has 8 nitrogen and oxygen atoms in total. The van der Waals surface area contributed by atoms with Gasteiger partial charge in [0.2, 0.25) is 5.89 Å². The molecule has 0 bridgehead atoms. The largest absolute Gasteiger partial charge is 0.369 e. The summed E-state index contributed by atoms with van der Waals surface area (Å²) in [6, 6.07) is 1.41. The van der Waals surface area contributed by atoms with E-state index in [-0.39, 0.29) is 5.69 Å². The van der Waals surface area contributed by atoms with E-state index in [0.717, 1.165) is 0 Å². The highest BCUT2D eigenvalue weighted by Crippen LogP contribution is 2.19.